The summed E-state index contributed by atoms with van der Waals surface area (Å²) in [6, 6.07) is 13.5. The summed E-state index contributed by atoms with van der Waals surface area (Å²) in [6.07, 6.45) is 2.87. The van der Waals surface area contributed by atoms with Crippen molar-refractivity contribution in [1.82, 2.24) is 4.90 Å². The third kappa shape index (κ3) is 3.79. The van der Waals surface area contributed by atoms with E-state index in [-0.39, 0.29) is 11.9 Å². The van der Waals surface area contributed by atoms with Gasteiger partial charge >= 0.3 is 0 Å². The minimum Gasteiger partial charge on any atom is -0.497 e. The van der Waals surface area contributed by atoms with E-state index in [1.54, 1.807) is 14.2 Å². The molecule has 0 aliphatic carbocycles. The van der Waals surface area contributed by atoms with Crippen molar-refractivity contribution in [2.24, 2.45) is 5.10 Å². The molecule has 0 bridgehead atoms. The number of carbonyl (C=O) groups is 1. The predicted octanol–water partition coefficient (Wildman–Crippen LogP) is 4.27. The first-order valence-corrected chi connectivity index (χ1v) is 10.1. The van der Waals surface area contributed by atoms with E-state index in [4.69, 9.17) is 9.47 Å². The average Bonchev–Trinajstić information content (AvgIpc) is 3.42. The molecular weight excluding hydrogens is 366 g/mol. The first kappa shape index (κ1) is 19.3. The minimum absolute atomic E-state index is 0.0157. The smallest absolute Gasteiger partial charge is 0.254 e. The van der Waals surface area contributed by atoms with Gasteiger partial charge in [-0.25, -0.2) is 0 Å². The first-order valence-electron chi connectivity index (χ1n) is 10.1. The number of benzene rings is 2. The highest BCUT2D eigenvalue weighted by Crippen LogP contribution is 2.39. The van der Waals surface area contributed by atoms with Crippen LogP contribution in [0.5, 0.6) is 11.5 Å². The number of carbonyl (C=O) groups excluding carboxylic acids is 1. The van der Waals surface area contributed by atoms with Crippen LogP contribution in [0.2, 0.25) is 0 Å². The van der Waals surface area contributed by atoms with Crippen molar-refractivity contribution in [2.75, 3.05) is 32.3 Å². The van der Waals surface area contributed by atoms with E-state index in [1.165, 1.54) is 0 Å². The second-order valence-electron chi connectivity index (χ2n) is 7.52. The normalized spacial score (nSPS) is 18.7. The van der Waals surface area contributed by atoms with Gasteiger partial charge in [0.1, 0.15) is 11.5 Å². The van der Waals surface area contributed by atoms with Crippen molar-refractivity contribution in [1.29, 1.82) is 0 Å². The Bertz CT molecular complexity index is 923. The zero-order chi connectivity index (χ0) is 20.4. The van der Waals surface area contributed by atoms with Crippen LogP contribution in [-0.4, -0.2) is 43.8 Å². The lowest BCUT2D eigenvalue weighted by atomic mass is 10.0. The molecule has 29 heavy (non-hydrogen) atoms. The summed E-state index contributed by atoms with van der Waals surface area (Å²) in [7, 11) is 3.31. The van der Waals surface area contributed by atoms with Crippen LogP contribution >= 0.6 is 0 Å². The molecule has 2 heterocycles. The maximum atomic E-state index is 13.3. The van der Waals surface area contributed by atoms with E-state index >= 15 is 0 Å². The monoisotopic (exact) mass is 393 g/mol. The van der Waals surface area contributed by atoms with E-state index in [1.807, 2.05) is 59.3 Å². The van der Waals surface area contributed by atoms with Crippen molar-refractivity contribution in [3.63, 3.8) is 0 Å². The van der Waals surface area contributed by atoms with Gasteiger partial charge in [0.2, 0.25) is 0 Å². The molecule has 1 atom stereocenters. The quantitative estimate of drug-likeness (QED) is 0.761. The van der Waals surface area contributed by atoms with E-state index in [0.29, 0.717) is 5.56 Å². The number of anilines is 1. The minimum atomic E-state index is -0.0157. The highest BCUT2D eigenvalue weighted by atomic mass is 16.5. The fraction of sp³-hybridized carbons (Fsp3) is 0.391. The van der Waals surface area contributed by atoms with Crippen LogP contribution in [0.15, 0.2) is 47.6 Å². The van der Waals surface area contributed by atoms with Crippen molar-refractivity contribution in [2.45, 2.75) is 32.2 Å². The Balaban J connectivity index is 1.57. The van der Waals surface area contributed by atoms with Gasteiger partial charge < -0.3 is 14.4 Å². The summed E-state index contributed by atoms with van der Waals surface area (Å²) in [5, 5.41) is 6.52. The fourth-order valence-corrected chi connectivity index (χ4v) is 4.14. The summed E-state index contributed by atoms with van der Waals surface area (Å²) in [6.45, 7) is 3.67. The molecule has 2 aliphatic rings. The number of amides is 1. The van der Waals surface area contributed by atoms with Crippen LogP contribution in [0.4, 0.5) is 5.69 Å². The lowest BCUT2D eigenvalue weighted by Gasteiger charge is -2.27. The van der Waals surface area contributed by atoms with E-state index in [2.05, 4.69) is 5.10 Å². The van der Waals surface area contributed by atoms with Crippen molar-refractivity contribution >= 4 is 17.3 Å². The van der Waals surface area contributed by atoms with Crippen LogP contribution in [-0.2, 0) is 0 Å². The van der Waals surface area contributed by atoms with E-state index in [0.717, 1.165) is 60.8 Å². The Morgan fingerprint density at radius 3 is 2.52 bits per heavy atom. The molecule has 0 saturated carbocycles. The van der Waals surface area contributed by atoms with Crippen LogP contribution in [0.25, 0.3) is 0 Å². The molecule has 0 aromatic heterocycles. The fourth-order valence-electron chi connectivity index (χ4n) is 4.14. The standard InChI is InChI=1S/C23H27N3O3/c1-16-12-14-26(24-16)18-8-6-17(7-9-18)23(27)25-13-4-5-21(25)20-15-19(28-2)10-11-22(20)29-3/h6-11,15,21H,4-5,12-14H2,1-3H3. The molecule has 0 spiro atoms. The highest BCUT2D eigenvalue weighted by molar-refractivity contribution is 5.95. The topological polar surface area (TPSA) is 54.4 Å². The Morgan fingerprint density at radius 2 is 1.86 bits per heavy atom. The number of nitrogens with zero attached hydrogens (tertiary/aromatic N) is 3. The molecule has 2 aliphatic heterocycles. The summed E-state index contributed by atoms with van der Waals surface area (Å²) < 4.78 is 11.0. The number of hydrazone groups is 1. The van der Waals surface area contributed by atoms with Gasteiger partial charge in [-0.15, -0.1) is 0 Å². The van der Waals surface area contributed by atoms with Crippen LogP contribution in [0.1, 0.15) is 48.1 Å². The second-order valence-corrected chi connectivity index (χ2v) is 7.52. The average molecular weight is 393 g/mol. The van der Waals surface area contributed by atoms with Crippen molar-refractivity contribution < 1.29 is 14.3 Å². The zero-order valence-corrected chi connectivity index (χ0v) is 17.2. The van der Waals surface area contributed by atoms with Crippen LogP contribution in [0.3, 0.4) is 0 Å². The van der Waals surface area contributed by atoms with Gasteiger partial charge in [0, 0.05) is 36.3 Å². The number of hydrogen-bond acceptors (Lipinski definition) is 5. The van der Waals surface area contributed by atoms with Crippen molar-refractivity contribution in [3.8, 4) is 11.5 Å². The number of methoxy groups -OCH3 is 2. The molecule has 4 rings (SSSR count). The van der Waals surface area contributed by atoms with Gasteiger partial charge in [-0.1, -0.05) is 0 Å². The molecule has 0 radical (unpaired) electrons. The molecule has 1 saturated heterocycles. The molecule has 1 fully saturated rings. The van der Waals surface area contributed by atoms with Gasteiger partial charge in [-0.3, -0.25) is 9.80 Å². The molecule has 2 aromatic rings. The van der Waals surface area contributed by atoms with Crippen molar-refractivity contribution in [3.05, 3.63) is 53.6 Å². The molecule has 6 nitrogen and oxygen atoms in total. The summed E-state index contributed by atoms with van der Waals surface area (Å²) in [5.74, 6) is 1.60. The lowest BCUT2D eigenvalue weighted by Crippen LogP contribution is -2.30. The first-order chi connectivity index (χ1) is 14.1. The van der Waals surface area contributed by atoms with Crippen LogP contribution < -0.4 is 14.5 Å². The summed E-state index contributed by atoms with van der Waals surface area (Å²) >= 11 is 0. The van der Waals surface area contributed by atoms with Crippen LogP contribution in [0, 0.1) is 0 Å². The highest BCUT2D eigenvalue weighted by Gasteiger charge is 2.32. The van der Waals surface area contributed by atoms with Gasteiger partial charge in [-0.2, -0.15) is 5.10 Å². The Hall–Kier alpha value is -3.02. The van der Waals surface area contributed by atoms with Gasteiger partial charge in [0.15, 0.2) is 0 Å². The Labute approximate surface area is 171 Å². The third-order valence-electron chi connectivity index (χ3n) is 5.70. The maximum absolute atomic E-state index is 13.3. The van der Waals surface area contributed by atoms with E-state index < -0.39 is 0 Å². The summed E-state index contributed by atoms with van der Waals surface area (Å²) in [5.41, 5.74) is 3.85. The largest absolute Gasteiger partial charge is 0.497 e. The maximum Gasteiger partial charge on any atom is 0.254 e. The molecule has 0 N–H and O–H groups in total. The number of hydrogen-bond donors (Lipinski definition) is 0. The predicted molar refractivity (Wildman–Crippen MR) is 114 cm³/mol. The van der Waals surface area contributed by atoms with Gasteiger partial charge in [0.25, 0.3) is 5.91 Å². The third-order valence-corrected chi connectivity index (χ3v) is 5.70. The van der Waals surface area contributed by atoms with Gasteiger partial charge in [-0.05, 0) is 62.2 Å². The molecule has 152 valence electrons. The number of likely N-dealkylation sites (tertiary alicyclic amines) is 1. The molecule has 6 heteroatoms. The molecule has 1 unspecified atom stereocenters. The summed E-state index contributed by atoms with van der Waals surface area (Å²) in [4.78, 5) is 15.2. The molecular formula is C23H27N3O3. The lowest BCUT2D eigenvalue weighted by molar-refractivity contribution is 0.0734. The second kappa shape index (κ2) is 8.15. The Kier molecular flexibility index (Phi) is 5.43. The van der Waals surface area contributed by atoms with E-state index in [9.17, 15) is 4.79 Å². The van der Waals surface area contributed by atoms with Gasteiger partial charge in [0.05, 0.1) is 25.9 Å². The number of rotatable bonds is 5. The SMILES string of the molecule is COc1ccc(OC)c(C2CCCN2C(=O)c2ccc(N3CCC(C)=N3)cc2)c1. The molecule has 2 aromatic carbocycles. The Morgan fingerprint density at radius 1 is 1.07 bits per heavy atom. The molecule has 1 amide bonds. The zero-order valence-electron chi connectivity index (χ0n) is 17.2. The number of ether oxygens (including phenoxy) is 2.